The second kappa shape index (κ2) is 8.52. The molecule has 3 aromatic rings. The molecule has 1 aromatic heterocycles. The van der Waals surface area contributed by atoms with Crippen LogP contribution >= 0.6 is 11.6 Å². The molecule has 7 heteroatoms. The van der Waals surface area contributed by atoms with Gasteiger partial charge in [0, 0.05) is 12.1 Å². The summed E-state index contributed by atoms with van der Waals surface area (Å²) >= 11 is 6.11. The minimum atomic E-state index is -0.121. The van der Waals surface area contributed by atoms with Crippen molar-refractivity contribution in [2.45, 2.75) is 13.0 Å². The molecule has 0 saturated heterocycles. The second-order valence-electron chi connectivity index (χ2n) is 6.28. The minimum Gasteiger partial charge on any atom is -0.497 e. The Hall–Kier alpha value is -2.41. The molecule has 0 amide bonds. The van der Waals surface area contributed by atoms with Crippen LogP contribution in [0.15, 0.2) is 47.3 Å². The first-order valence-electron chi connectivity index (χ1n) is 8.74. The molecule has 2 N–H and O–H groups in total. The van der Waals surface area contributed by atoms with E-state index in [9.17, 15) is 4.79 Å². The van der Waals surface area contributed by atoms with Crippen LogP contribution in [-0.2, 0) is 4.74 Å². The monoisotopic (exact) mass is 388 g/mol. The standard InChI is InChI=1S/C20H22ClN3O3/c1-13(22-10-11-26-2)19-23-18-12-14(21)4-9-17(18)20(25)24(19)15-5-7-16(27-3)8-6-15/h4-9,12-13,22H,10-11H2,1-3H3/p+1/t13-/m0/s1. The molecule has 0 aliphatic heterocycles. The van der Waals surface area contributed by atoms with Gasteiger partial charge in [-0.05, 0) is 49.4 Å². The molecule has 0 radical (unpaired) electrons. The molecule has 1 atom stereocenters. The van der Waals surface area contributed by atoms with Gasteiger partial charge < -0.3 is 14.8 Å². The van der Waals surface area contributed by atoms with Crippen molar-refractivity contribution in [3.8, 4) is 11.4 Å². The Morgan fingerprint density at radius 3 is 2.59 bits per heavy atom. The van der Waals surface area contributed by atoms with Crippen LogP contribution in [-0.4, -0.2) is 36.9 Å². The topological polar surface area (TPSA) is 70.0 Å². The van der Waals surface area contributed by atoms with E-state index < -0.39 is 0 Å². The molecule has 0 unspecified atom stereocenters. The van der Waals surface area contributed by atoms with E-state index in [1.54, 1.807) is 37.0 Å². The van der Waals surface area contributed by atoms with Gasteiger partial charge in [-0.3, -0.25) is 9.36 Å². The third kappa shape index (κ3) is 4.13. The predicted octanol–water partition coefficient (Wildman–Crippen LogP) is 2.32. The van der Waals surface area contributed by atoms with Crippen molar-refractivity contribution in [2.75, 3.05) is 27.4 Å². The number of halogens is 1. The Morgan fingerprint density at radius 1 is 1.19 bits per heavy atom. The highest BCUT2D eigenvalue weighted by molar-refractivity contribution is 6.31. The molecule has 2 aromatic carbocycles. The molecule has 0 spiro atoms. The van der Waals surface area contributed by atoms with E-state index in [0.29, 0.717) is 28.4 Å². The van der Waals surface area contributed by atoms with E-state index in [4.69, 9.17) is 26.1 Å². The van der Waals surface area contributed by atoms with E-state index >= 15 is 0 Å². The van der Waals surface area contributed by atoms with Crippen LogP contribution in [0.1, 0.15) is 18.8 Å². The van der Waals surface area contributed by atoms with Gasteiger partial charge in [-0.25, -0.2) is 4.98 Å². The maximum absolute atomic E-state index is 13.3. The maximum atomic E-state index is 13.3. The van der Waals surface area contributed by atoms with Crippen molar-refractivity contribution >= 4 is 22.5 Å². The summed E-state index contributed by atoms with van der Waals surface area (Å²) in [5.41, 5.74) is 1.22. The Labute approximate surface area is 162 Å². The lowest BCUT2D eigenvalue weighted by molar-refractivity contribution is -0.695. The number of nitrogens with zero attached hydrogens (tertiary/aromatic N) is 2. The molecule has 3 rings (SSSR count). The van der Waals surface area contributed by atoms with Crippen molar-refractivity contribution in [3.05, 3.63) is 63.7 Å². The Morgan fingerprint density at radius 2 is 1.93 bits per heavy atom. The lowest BCUT2D eigenvalue weighted by Gasteiger charge is -2.18. The number of ether oxygens (including phenoxy) is 2. The molecule has 0 aliphatic rings. The van der Waals surface area contributed by atoms with Crippen molar-refractivity contribution < 1.29 is 14.8 Å². The number of fused-ring (bicyclic) bond motifs is 1. The van der Waals surface area contributed by atoms with Gasteiger partial charge in [0.15, 0.2) is 5.82 Å². The zero-order valence-corrected chi connectivity index (χ0v) is 16.4. The molecule has 27 heavy (non-hydrogen) atoms. The van der Waals surface area contributed by atoms with Gasteiger partial charge in [-0.2, -0.15) is 0 Å². The third-order valence-corrected chi connectivity index (χ3v) is 4.67. The van der Waals surface area contributed by atoms with E-state index in [-0.39, 0.29) is 11.6 Å². The Balaban J connectivity index is 2.18. The predicted molar refractivity (Wildman–Crippen MR) is 106 cm³/mol. The second-order valence-corrected chi connectivity index (χ2v) is 6.71. The average molecular weight is 389 g/mol. The normalized spacial score (nSPS) is 12.3. The number of benzene rings is 2. The van der Waals surface area contributed by atoms with E-state index in [1.165, 1.54) is 0 Å². The van der Waals surface area contributed by atoms with Gasteiger partial charge in [0.05, 0.1) is 36.9 Å². The first-order valence-corrected chi connectivity index (χ1v) is 9.12. The Bertz CT molecular complexity index is 986. The average Bonchev–Trinajstić information content (AvgIpc) is 2.68. The lowest BCUT2D eigenvalue weighted by atomic mass is 10.2. The van der Waals surface area contributed by atoms with Crippen LogP contribution in [0.2, 0.25) is 5.02 Å². The summed E-state index contributed by atoms with van der Waals surface area (Å²) in [6, 6.07) is 12.5. The van der Waals surface area contributed by atoms with E-state index in [0.717, 1.165) is 18.0 Å². The van der Waals surface area contributed by atoms with Gasteiger partial charge in [-0.15, -0.1) is 0 Å². The quantitative estimate of drug-likeness (QED) is 0.630. The smallest absolute Gasteiger partial charge is 0.266 e. The summed E-state index contributed by atoms with van der Waals surface area (Å²) in [7, 11) is 3.28. The Kier molecular flexibility index (Phi) is 6.11. The number of aromatic nitrogens is 2. The fourth-order valence-corrected chi connectivity index (χ4v) is 3.17. The van der Waals surface area contributed by atoms with Gasteiger partial charge in [0.1, 0.15) is 11.8 Å². The number of nitrogens with two attached hydrogens (primary N) is 1. The van der Waals surface area contributed by atoms with Gasteiger partial charge in [0.25, 0.3) is 5.56 Å². The molecule has 0 fully saturated rings. The van der Waals surface area contributed by atoms with E-state index in [1.807, 2.05) is 31.2 Å². The van der Waals surface area contributed by atoms with E-state index in [2.05, 4.69) is 5.32 Å². The van der Waals surface area contributed by atoms with Crippen LogP contribution in [0.25, 0.3) is 16.6 Å². The van der Waals surface area contributed by atoms with Gasteiger partial charge in [-0.1, -0.05) is 11.6 Å². The van der Waals surface area contributed by atoms with Crippen LogP contribution < -0.4 is 15.6 Å². The largest absolute Gasteiger partial charge is 0.497 e. The summed E-state index contributed by atoms with van der Waals surface area (Å²) in [5.74, 6) is 1.39. The highest BCUT2D eigenvalue weighted by Crippen LogP contribution is 2.21. The molecular weight excluding hydrogens is 366 g/mol. The lowest BCUT2D eigenvalue weighted by Crippen LogP contribution is -2.86. The molecule has 0 saturated carbocycles. The van der Waals surface area contributed by atoms with Gasteiger partial charge in [0.2, 0.25) is 0 Å². The van der Waals surface area contributed by atoms with Crippen LogP contribution in [0, 0.1) is 0 Å². The number of hydrogen-bond acceptors (Lipinski definition) is 4. The highest BCUT2D eigenvalue weighted by Gasteiger charge is 2.20. The number of methoxy groups -OCH3 is 2. The summed E-state index contributed by atoms with van der Waals surface area (Å²) in [6.45, 7) is 3.41. The first kappa shape index (κ1) is 19.4. The summed E-state index contributed by atoms with van der Waals surface area (Å²) in [5, 5.41) is 3.18. The first-order chi connectivity index (χ1) is 13.0. The summed E-state index contributed by atoms with van der Waals surface area (Å²) in [6.07, 6.45) is 0. The van der Waals surface area contributed by atoms with Crippen LogP contribution in [0.5, 0.6) is 5.75 Å². The fraction of sp³-hybridized carbons (Fsp3) is 0.300. The van der Waals surface area contributed by atoms with Crippen LogP contribution in [0.3, 0.4) is 0 Å². The van der Waals surface area contributed by atoms with Crippen LogP contribution in [0.4, 0.5) is 0 Å². The maximum Gasteiger partial charge on any atom is 0.266 e. The highest BCUT2D eigenvalue weighted by atomic mass is 35.5. The minimum absolute atomic E-state index is 0.0432. The third-order valence-electron chi connectivity index (χ3n) is 4.44. The summed E-state index contributed by atoms with van der Waals surface area (Å²) in [4.78, 5) is 18.0. The number of rotatable bonds is 7. The van der Waals surface area contributed by atoms with Crippen molar-refractivity contribution in [2.24, 2.45) is 0 Å². The molecule has 0 aliphatic carbocycles. The fourth-order valence-electron chi connectivity index (χ4n) is 3.00. The number of hydrogen-bond donors (Lipinski definition) is 1. The molecule has 6 nitrogen and oxygen atoms in total. The van der Waals surface area contributed by atoms with Crippen molar-refractivity contribution in [1.82, 2.24) is 9.55 Å². The van der Waals surface area contributed by atoms with Crippen molar-refractivity contribution in [3.63, 3.8) is 0 Å². The SMILES string of the molecule is COCC[NH2+][C@@H](C)c1nc2cc(Cl)ccc2c(=O)n1-c1ccc(OC)cc1. The molecule has 0 bridgehead atoms. The van der Waals surface area contributed by atoms with Crippen molar-refractivity contribution in [1.29, 1.82) is 0 Å². The zero-order chi connectivity index (χ0) is 19.4. The zero-order valence-electron chi connectivity index (χ0n) is 15.6. The summed E-state index contributed by atoms with van der Waals surface area (Å²) < 4.78 is 12.0. The van der Waals surface area contributed by atoms with Gasteiger partial charge >= 0.3 is 0 Å². The molecular formula is C20H23ClN3O3+. The number of quaternary nitrogens is 1. The molecule has 1 heterocycles. The molecule has 142 valence electrons.